The van der Waals surface area contributed by atoms with Crippen LogP contribution in [0, 0.1) is 17.4 Å². The number of hydrogen-bond donors (Lipinski definition) is 3. The van der Waals surface area contributed by atoms with E-state index < -0.39 is 37.8 Å². The molecule has 4 aromatic rings. The lowest BCUT2D eigenvalue weighted by Crippen LogP contribution is -2.17. The second-order valence-electron chi connectivity index (χ2n) is 9.74. The fourth-order valence-corrected chi connectivity index (χ4v) is 5.56. The predicted octanol–water partition coefficient (Wildman–Crippen LogP) is 6.76. The number of benzene rings is 3. The summed E-state index contributed by atoms with van der Waals surface area (Å²) < 4.78 is 27.0. The Morgan fingerprint density at radius 1 is 0.900 bits per heavy atom. The molecule has 0 radical (unpaired) electrons. The standard InChI is InChI=1S/C32H29FNO5P/c1-21(2)31-27(17-18-40(38,39)20-26(35)19-28(36)37)29(23-13-15-25(33)16-14-23)30(22-9-5-3-6-10-22)32(34-31)24-11-7-4-8-12-24/h3-16,21,26,35H,19-20H2,1-2H3,(H,36,37)(H,38,39)/t26-/m1/s1. The van der Waals surface area contributed by atoms with Crippen LogP contribution in [0.3, 0.4) is 0 Å². The van der Waals surface area contributed by atoms with Gasteiger partial charge in [0.2, 0.25) is 0 Å². The summed E-state index contributed by atoms with van der Waals surface area (Å²) in [5.41, 5.74) is 7.78. The maximum absolute atomic E-state index is 14.0. The molecule has 1 unspecified atom stereocenters. The molecule has 8 heteroatoms. The largest absolute Gasteiger partial charge is 0.481 e. The van der Waals surface area contributed by atoms with Crippen molar-refractivity contribution in [2.75, 3.05) is 6.16 Å². The maximum atomic E-state index is 14.0. The molecule has 0 aliphatic rings. The van der Waals surface area contributed by atoms with Crippen LogP contribution in [0.25, 0.3) is 33.5 Å². The molecule has 2 atom stereocenters. The summed E-state index contributed by atoms with van der Waals surface area (Å²) in [5.74, 6) is 1.05. The molecule has 4 rings (SSSR count). The first kappa shape index (κ1) is 28.9. The quantitative estimate of drug-likeness (QED) is 0.163. The van der Waals surface area contributed by atoms with Gasteiger partial charge in [0.15, 0.2) is 0 Å². The first-order chi connectivity index (χ1) is 19.1. The zero-order chi connectivity index (χ0) is 28.9. The minimum atomic E-state index is -4.26. The number of hydrogen-bond acceptors (Lipinski definition) is 4. The van der Waals surface area contributed by atoms with Gasteiger partial charge in [-0.1, -0.05) is 92.6 Å². The van der Waals surface area contributed by atoms with Gasteiger partial charge < -0.3 is 15.1 Å². The van der Waals surface area contributed by atoms with Gasteiger partial charge in [-0.3, -0.25) is 14.3 Å². The van der Waals surface area contributed by atoms with Gasteiger partial charge in [-0.15, -0.1) is 0 Å². The average Bonchev–Trinajstić information content (AvgIpc) is 2.91. The molecule has 6 nitrogen and oxygen atoms in total. The molecular weight excluding hydrogens is 528 g/mol. The average molecular weight is 558 g/mol. The molecule has 0 spiro atoms. The lowest BCUT2D eigenvalue weighted by atomic mass is 9.85. The van der Waals surface area contributed by atoms with Crippen LogP contribution in [-0.2, 0) is 9.36 Å². The van der Waals surface area contributed by atoms with E-state index in [0.717, 1.165) is 16.7 Å². The Labute approximate surface area is 232 Å². The number of halogens is 1. The van der Waals surface area contributed by atoms with E-state index in [-0.39, 0.29) is 5.92 Å². The molecule has 0 saturated heterocycles. The molecule has 0 aliphatic carbocycles. The number of pyridine rings is 1. The van der Waals surface area contributed by atoms with Gasteiger partial charge in [-0.05, 0) is 34.8 Å². The van der Waals surface area contributed by atoms with Crippen molar-refractivity contribution in [2.45, 2.75) is 32.3 Å². The zero-order valence-corrected chi connectivity index (χ0v) is 23.0. The van der Waals surface area contributed by atoms with Gasteiger partial charge in [-0.2, -0.15) is 0 Å². The lowest BCUT2D eigenvalue weighted by Gasteiger charge is -2.22. The number of aliphatic carboxylic acids is 1. The molecule has 0 fully saturated rings. The van der Waals surface area contributed by atoms with Crippen LogP contribution in [0.1, 0.15) is 37.4 Å². The highest BCUT2D eigenvalue weighted by atomic mass is 31.2. The lowest BCUT2D eigenvalue weighted by molar-refractivity contribution is -0.138. The van der Waals surface area contributed by atoms with E-state index in [4.69, 9.17) is 10.1 Å². The molecule has 3 aromatic carbocycles. The summed E-state index contributed by atoms with van der Waals surface area (Å²) in [6.45, 7) is 3.88. The molecule has 1 aromatic heterocycles. The normalized spacial score (nSPS) is 13.2. The third-order valence-electron chi connectivity index (χ3n) is 6.24. The number of carboxylic acid groups (broad SMARTS) is 1. The highest BCUT2D eigenvalue weighted by molar-refractivity contribution is 7.63. The predicted molar refractivity (Wildman–Crippen MR) is 154 cm³/mol. The van der Waals surface area contributed by atoms with E-state index in [2.05, 4.69) is 11.6 Å². The number of nitrogens with zero attached hydrogens (tertiary/aromatic N) is 1. The third-order valence-corrected chi connectivity index (χ3v) is 7.62. The summed E-state index contributed by atoms with van der Waals surface area (Å²) >= 11 is 0. The van der Waals surface area contributed by atoms with E-state index >= 15 is 0 Å². The van der Waals surface area contributed by atoms with Crippen molar-refractivity contribution in [2.24, 2.45) is 0 Å². The molecule has 0 bridgehead atoms. The van der Waals surface area contributed by atoms with E-state index in [1.165, 1.54) is 12.1 Å². The zero-order valence-electron chi connectivity index (χ0n) is 22.1. The first-order valence-corrected chi connectivity index (χ1v) is 14.6. The second-order valence-corrected chi connectivity index (χ2v) is 11.7. The van der Waals surface area contributed by atoms with Crippen LogP contribution in [0.15, 0.2) is 84.9 Å². The smallest absolute Gasteiger partial charge is 0.305 e. The first-order valence-electron chi connectivity index (χ1n) is 12.8. The Balaban J connectivity index is 2.07. The molecule has 1 heterocycles. The minimum absolute atomic E-state index is 0.147. The molecule has 204 valence electrons. The van der Waals surface area contributed by atoms with Gasteiger partial charge in [0.25, 0.3) is 7.37 Å². The molecule has 0 aliphatic heterocycles. The Morgan fingerprint density at radius 3 is 2.00 bits per heavy atom. The third kappa shape index (κ3) is 6.91. The fourth-order valence-electron chi connectivity index (χ4n) is 4.48. The molecular formula is C32H29FNO5P. The Kier molecular flexibility index (Phi) is 8.96. The summed E-state index contributed by atoms with van der Waals surface area (Å²) in [7, 11) is -4.26. The van der Waals surface area contributed by atoms with E-state index in [1.807, 2.05) is 74.5 Å². The summed E-state index contributed by atoms with van der Waals surface area (Å²) in [6.07, 6.45) is -2.88. The summed E-state index contributed by atoms with van der Waals surface area (Å²) in [5, 5.41) is 18.9. The van der Waals surface area contributed by atoms with Crippen LogP contribution in [0.4, 0.5) is 4.39 Å². The highest BCUT2D eigenvalue weighted by Gasteiger charge is 2.26. The van der Waals surface area contributed by atoms with Gasteiger partial charge in [0, 0.05) is 16.7 Å². The maximum Gasteiger partial charge on any atom is 0.305 e. The SMILES string of the molecule is CC(C)c1nc(-c2ccccc2)c(-c2ccccc2)c(-c2ccc(F)cc2)c1C#CP(=O)(O)C[C@H](O)CC(=O)O. The highest BCUT2D eigenvalue weighted by Crippen LogP contribution is 2.45. The minimum Gasteiger partial charge on any atom is -0.481 e. The fraction of sp³-hybridized carbons (Fsp3) is 0.188. The van der Waals surface area contributed by atoms with Gasteiger partial charge in [-0.25, -0.2) is 4.39 Å². The monoisotopic (exact) mass is 557 g/mol. The van der Waals surface area contributed by atoms with Crippen molar-refractivity contribution >= 4 is 13.3 Å². The molecule has 40 heavy (non-hydrogen) atoms. The van der Waals surface area contributed by atoms with Crippen molar-refractivity contribution in [3.8, 4) is 45.1 Å². The number of carboxylic acids is 1. The number of rotatable bonds is 8. The van der Waals surface area contributed by atoms with E-state index in [0.29, 0.717) is 28.1 Å². The van der Waals surface area contributed by atoms with Crippen LogP contribution < -0.4 is 0 Å². The summed E-state index contributed by atoms with van der Waals surface area (Å²) in [4.78, 5) is 26.6. The second kappa shape index (κ2) is 12.4. The van der Waals surface area contributed by atoms with Gasteiger partial charge >= 0.3 is 5.97 Å². The number of aliphatic hydroxyl groups excluding tert-OH is 1. The Bertz CT molecular complexity index is 1610. The van der Waals surface area contributed by atoms with Crippen LogP contribution in [0.2, 0.25) is 0 Å². The number of aromatic nitrogens is 1. The van der Waals surface area contributed by atoms with Crippen LogP contribution in [0.5, 0.6) is 0 Å². The van der Waals surface area contributed by atoms with Gasteiger partial charge in [0.1, 0.15) is 5.82 Å². The van der Waals surface area contributed by atoms with E-state index in [9.17, 15) is 23.7 Å². The molecule has 3 N–H and O–H groups in total. The van der Waals surface area contributed by atoms with Crippen molar-refractivity contribution in [1.29, 1.82) is 0 Å². The van der Waals surface area contributed by atoms with Crippen LogP contribution >= 0.6 is 7.37 Å². The van der Waals surface area contributed by atoms with Crippen LogP contribution in [-0.4, -0.2) is 38.3 Å². The number of carbonyl (C=O) groups is 1. The van der Waals surface area contributed by atoms with Crippen molar-refractivity contribution < 1.29 is 28.9 Å². The Hall–Kier alpha value is -4.08. The molecule has 0 amide bonds. The van der Waals surface area contributed by atoms with Crippen molar-refractivity contribution in [3.05, 3.63) is 102 Å². The van der Waals surface area contributed by atoms with Gasteiger partial charge in [0.05, 0.1) is 35.6 Å². The summed E-state index contributed by atoms with van der Waals surface area (Å²) in [6, 6.07) is 25.1. The van der Waals surface area contributed by atoms with E-state index in [1.54, 1.807) is 12.1 Å². The van der Waals surface area contributed by atoms with Crippen molar-refractivity contribution in [1.82, 2.24) is 4.98 Å². The number of aliphatic hydroxyl groups is 1. The molecule has 0 saturated carbocycles. The Morgan fingerprint density at radius 2 is 1.45 bits per heavy atom. The van der Waals surface area contributed by atoms with Crippen molar-refractivity contribution in [3.63, 3.8) is 0 Å². The topological polar surface area (TPSA) is 108 Å².